The SMILES string of the molecule is C=N/C(=N\C(=NCc1ccc(OCCCNc2ccc(OC)cc2)c(Cl)c1)NCOCC(F)(F)F)Nc1ccc(C(=O)NCC(C)(C)CO)cc1.C=O. The van der Waals surface area contributed by atoms with Crippen molar-refractivity contribution in [3.63, 3.8) is 0 Å². The van der Waals surface area contributed by atoms with Crippen LogP contribution in [0.1, 0.15) is 36.2 Å². The van der Waals surface area contributed by atoms with E-state index >= 15 is 0 Å². The minimum atomic E-state index is -4.51. The molecule has 0 saturated heterocycles. The van der Waals surface area contributed by atoms with Crippen molar-refractivity contribution >= 4 is 54.3 Å². The predicted octanol–water partition coefficient (Wildman–Crippen LogP) is 5.94. The first-order chi connectivity index (χ1) is 25.3. The maximum Gasteiger partial charge on any atom is 0.411 e. The first kappa shape index (κ1) is 44.0. The number of aliphatic imine (C=N–C) groups is 3. The molecule has 0 atom stereocenters. The van der Waals surface area contributed by atoms with Crippen LogP contribution in [-0.2, 0) is 16.1 Å². The van der Waals surface area contributed by atoms with Crippen LogP contribution in [0.4, 0.5) is 24.5 Å². The molecule has 0 aliphatic carbocycles. The van der Waals surface area contributed by atoms with Crippen LogP contribution in [0, 0.1) is 5.41 Å². The van der Waals surface area contributed by atoms with Crippen molar-refractivity contribution in [1.82, 2.24) is 10.6 Å². The fourth-order valence-electron chi connectivity index (χ4n) is 4.05. The zero-order valence-corrected chi connectivity index (χ0v) is 30.5. The fraction of sp³-hybridized carbons (Fsp3) is 0.361. The van der Waals surface area contributed by atoms with Gasteiger partial charge < -0.3 is 45.4 Å². The molecule has 0 radical (unpaired) electrons. The third-order valence-electron chi connectivity index (χ3n) is 6.92. The molecule has 0 unspecified atom stereocenters. The molecule has 0 fully saturated rings. The number of nitrogens with one attached hydrogen (secondary N) is 4. The first-order valence-electron chi connectivity index (χ1n) is 16.1. The van der Waals surface area contributed by atoms with Gasteiger partial charge in [0.2, 0.25) is 11.9 Å². The Kier molecular flexibility index (Phi) is 18.8. The average Bonchev–Trinajstić information content (AvgIpc) is 3.15. The van der Waals surface area contributed by atoms with Gasteiger partial charge in [-0.15, -0.1) is 0 Å². The number of methoxy groups -OCH3 is 1. The lowest BCUT2D eigenvalue weighted by molar-refractivity contribution is -0.174. The standard InChI is InChI=1S/C35H43ClF3N7O5.CH2O/c1-34(2,21-47)20-43-31(48)25-7-9-27(10-8-25)45-32(40-3)46-33(44-23-50-22-35(37,38)39)42-19-24-6-15-30(29(36)18-24)51-17-5-16-41-26-11-13-28(49-4)14-12-26;1-2/h6-15,18,41,47H,3,5,16-17,19-23H2,1-2,4H3,(H,43,48)(H2,42,44,45,46);1H2. The second kappa shape index (κ2) is 22.7. The Morgan fingerprint density at radius 2 is 1.64 bits per heavy atom. The summed E-state index contributed by atoms with van der Waals surface area (Å²) in [4.78, 5) is 33.0. The molecule has 53 heavy (non-hydrogen) atoms. The molecule has 0 aliphatic heterocycles. The zero-order valence-electron chi connectivity index (χ0n) is 29.8. The van der Waals surface area contributed by atoms with Crippen molar-refractivity contribution in [2.75, 3.05) is 57.4 Å². The van der Waals surface area contributed by atoms with E-state index in [0.717, 1.165) is 17.9 Å². The Labute approximate surface area is 311 Å². The average molecular weight is 764 g/mol. The van der Waals surface area contributed by atoms with Gasteiger partial charge in [0, 0.05) is 42.0 Å². The van der Waals surface area contributed by atoms with E-state index in [1.807, 2.05) is 44.9 Å². The molecule has 288 valence electrons. The van der Waals surface area contributed by atoms with Crippen molar-refractivity contribution < 1.29 is 42.1 Å². The molecule has 13 nitrogen and oxygen atoms in total. The molecule has 17 heteroatoms. The van der Waals surface area contributed by atoms with Crippen molar-refractivity contribution in [2.45, 2.75) is 33.0 Å². The lowest BCUT2D eigenvalue weighted by Crippen LogP contribution is -2.36. The molecule has 0 heterocycles. The van der Waals surface area contributed by atoms with Crippen LogP contribution in [0.3, 0.4) is 0 Å². The summed E-state index contributed by atoms with van der Waals surface area (Å²) in [5, 5.41) is 21.4. The number of carbonyl (C=O) groups excluding carboxylic acids is 2. The maximum atomic E-state index is 12.6. The Morgan fingerprint density at radius 3 is 2.25 bits per heavy atom. The number of benzene rings is 3. The van der Waals surface area contributed by atoms with Crippen LogP contribution in [0.15, 0.2) is 81.7 Å². The normalized spacial score (nSPS) is 11.8. The van der Waals surface area contributed by atoms with Crippen LogP contribution in [-0.4, -0.2) is 89.4 Å². The van der Waals surface area contributed by atoms with Gasteiger partial charge in [0.05, 0.1) is 25.3 Å². The van der Waals surface area contributed by atoms with Gasteiger partial charge in [-0.1, -0.05) is 31.5 Å². The molecular formula is C36H45ClF3N7O6. The van der Waals surface area contributed by atoms with Crippen LogP contribution in [0.5, 0.6) is 11.5 Å². The Balaban J connectivity index is 0.00000477. The van der Waals surface area contributed by atoms with Crippen LogP contribution in [0.25, 0.3) is 0 Å². The van der Waals surface area contributed by atoms with E-state index in [4.69, 9.17) is 25.9 Å². The quantitative estimate of drug-likeness (QED) is 0.0484. The molecule has 0 aromatic heterocycles. The minimum absolute atomic E-state index is 0.0257. The topological polar surface area (TPSA) is 167 Å². The van der Waals surface area contributed by atoms with Gasteiger partial charge in [0.15, 0.2) is 0 Å². The van der Waals surface area contributed by atoms with Gasteiger partial charge >= 0.3 is 6.18 Å². The monoisotopic (exact) mass is 763 g/mol. The summed E-state index contributed by atoms with van der Waals surface area (Å²) in [7, 11) is 1.61. The molecule has 5 N–H and O–H groups in total. The third kappa shape index (κ3) is 17.3. The third-order valence-corrected chi connectivity index (χ3v) is 7.22. The van der Waals surface area contributed by atoms with Crippen LogP contribution < -0.4 is 30.7 Å². The second-order valence-corrected chi connectivity index (χ2v) is 12.3. The zero-order chi connectivity index (χ0) is 39.3. The molecular weight excluding hydrogens is 719 g/mol. The molecule has 0 aliphatic rings. The Bertz CT molecular complexity index is 1640. The summed E-state index contributed by atoms with van der Waals surface area (Å²) in [6.45, 7) is 8.52. The summed E-state index contributed by atoms with van der Waals surface area (Å²) in [5.41, 5.74) is 2.06. The molecule has 3 rings (SSSR count). The van der Waals surface area contributed by atoms with Gasteiger partial charge in [-0.3, -0.25) is 4.79 Å². The number of aliphatic hydroxyl groups is 1. The molecule has 0 saturated carbocycles. The van der Waals surface area contributed by atoms with Crippen LogP contribution in [0.2, 0.25) is 5.02 Å². The highest BCUT2D eigenvalue weighted by Gasteiger charge is 2.27. The second-order valence-electron chi connectivity index (χ2n) is 11.8. The lowest BCUT2D eigenvalue weighted by Gasteiger charge is -2.21. The Morgan fingerprint density at radius 1 is 0.962 bits per heavy atom. The number of hydrogen-bond donors (Lipinski definition) is 5. The largest absolute Gasteiger partial charge is 0.497 e. The summed E-state index contributed by atoms with van der Waals surface area (Å²) in [5.74, 6) is 0.846. The van der Waals surface area contributed by atoms with E-state index < -0.39 is 24.9 Å². The fourth-order valence-corrected chi connectivity index (χ4v) is 4.31. The van der Waals surface area contributed by atoms with E-state index in [-0.39, 0.29) is 37.5 Å². The number of anilines is 2. The summed E-state index contributed by atoms with van der Waals surface area (Å²) in [6.07, 6.45) is -3.79. The highest BCUT2D eigenvalue weighted by Crippen LogP contribution is 2.26. The highest BCUT2D eigenvalue weighted by atomic mass is 35.5. The van der Waals surface area contributed by atoms with E-state index in [1.165, 1.54) is 0 Å². The number of aliphatic hydroxyl groups excluding tert-OH is 1. The number of alkyl halides is 3. The number of amides is 1. The smallest absolute Gasteiger partial charge is 0.411 e. The number of halogens is 4. The number of ether oxygens (including phenoxy) is 3. The molecule has 0 bridgehead atoms. The summed E-state index contributed by atoms with van der Waals surface area (Å²) in [6, 6.07) is 19.1. The molecule has 1 amide bonds. The highest BCUT2D eigenvalue weighted by molar-refractivity contribution is 6.32. The number of nitrogens with zero attached hydrogens (tertiary/aromatic N) is 3. The molecule has 0 spiro atoms. The van der Waals surface area contributed by atoms with Crippen LogP contribution >= 0.6 is 11.6 Å². The van der Waals surface area contributed by atoms with Crippen molar-refractivity contribution in [1.29, 1.82) is 0 Å². The van der Waals surface area contributed by atoms with E-state index in [2.05, 4.69) is 47.7 Å². The van der Waals surface area contributed by atoms with Gasteiger partial charge in [0.25, 0.3) is 5.91 Å². The number of guanidine groups is 2. The first-order valence-corrected chi connectivity index (χ1v) is 16.5. The van der Waals surface area contributed by atoms with Crippen molar-refractivity contribution in [3.8, 4) is 11.5 Å². The van der Waals surface area contributed by atoms with Gasteiger partial charge in [-0.2, -0.15) is 18.2 Å². The number of hydrogen-bond acceptors (Lipinski definition) is 8. The predicted molar refractivity (Wildman–Crippen MR) is 202 cm³/mol. The lowest BCUT2D eigenvalue weighted by atomic mass is 9.95. The Hall–Kier alpha value is -5.19. The van der Waals surface area contributed by atoms with E-state index in [0.29, 0.717) is 40.7 Å². The molecule has 3 aromatic rings. The van der Waals surface area contributed by atoms with Gasteiger partial charge in [-0.05, 0) is 79.4 Å². The van der Waals surface area contributed by atoms with Crippen molar-refractivity contribution in [2.24, 2.45) is 20.4 Å². The minimum Gasteiger partial charge on any atom is -0.497 e. The van der Waals surface area contributed by atoms with Gasteiger partial charge in [-0.25, -0.2) is 9.98 Å². The van der Waals surface area contributed by atoms with Crippen molar-refractivity contribution in [3.05, 3.63) is 82.9 Å². The summed E-state index contributed by atoms with van der Waals surface area (Å²) < 4.78 is 53.5. The van der Waals surface area contributed by atoms with Gasteiger partial charge in [0.1, 0.15) is 31.6 Å². The summed E-state index contributed by atoms with van der Waals surface area (Å²) >= 11 is 6.46. The maximum absolute atomic E-state index is 12.6. The number of rotatable bonds is 17. The van der Waals surface area contributed by atoms with E-state index in [1.54, 1.807) is 49.6 Å². The van der Waals surface area contributed by atoms with E-state index in [9.17, 15) is 23.1 Å². The number of carbonyl (C=O) groups is 2. The molecule has 3 aromatic carbocycles.